The first kappa shape index (κ1) is 14.0. The molecule has 2 heterocycles. The zero-order chi connectivity index (χ0) is 13.8. The second kappa shape index (κ2) is 6.16. The molecular weight excluding hydrogens is 256 g/mol. The van der Waals surface area contributed by atoms with Gasteiger partial charge in [0.05, 0.1) is 0 Å². The number of hydrogen-bond donors (Lipinski definition) is 0. The van der Waals surface area contributed by atoms with E-state index in [1.807, 2.05) is 12.1 Å². The standard InChI is InChI=1S/C16H19ClN2/c1-11(2)14-7-4-6-13(18-14)10-12(3)15-8-5-9-16(17)19-15/h4-9,11-12H,10H2,1-3H3. The Labute approximate surface area is 119 Å². The van der Waals surface area contributed by atoms with Crippen LogP contribution in [0.3, 0.4) is 0 Å². The molecule has 0 fully saturated rings. The van der Waals surface area contributed by atoms with Gasteiger partial charge in [-0.3, -0.25) is 4.98 Å². The van der Waals surface area contributed by atoms with Crippen LogP contribution in [-0.2, 0) is 6.42 Å². The third kappa shape index (κ3) is 3.77. The van der Waals surface area contributed by atoms with Gasteiger partial charge in [-0.1, -0.05) is 44.5 Å². The normalized spacial score (nSPS) is 12.7. The van der Waals surface area contributed by atoms with E-state index in [-0.39, 0.29) is 0 Å². The number of nitrogens with zero attached hydrogens (tertiary/aromatic N) is 2. The predicted octanol–water partition coefficient (Wildman–Crippen LogP) is 4.60. The Hall–Kier alpha value is -1.41. The van der Waals surface area contributed by atoms with Crippen LogP contribution in [0, 0.1) is 0 Å². The zero-order valence-electron chi connectivity index (χ0n) is 11.6. The maximum absolute atomic E-state index is 5.93. The monoisotopic (exact) mass is 274 g/mol. The molecule has 3 heteroatoms. The van der Waals surface area contributed by atoms with Crippen LogP contribution in [0.25, 0.3) is 0 Å². The van der Waals surface area contributed by atoms with Gasteiger partial charge < -0.3 is 0 Å². The highest BCUT2D eigenvalue weighted by atomic mass is 35.5. The highest BCUT2D eigenvalue weighted by Gasteiger charge is 2.10. The molecular formula is C16H19ClN2. The van der Waals surface area contributed by atoms with Crippen molar-refractivity contribution in [1.29, 1.82) is 0 Å². The molecule has 2 nitrogen and oxygen atoms in total. The van der Waals surface area contributed by atoms with E-state index in [2.05, 4.69) is 44.0 Å². The number of rotatable bonds is 4. The fourth-order valence-corrected chi connectivity index (χ4v) is 2.22. The van der Waals surface area contributed by atoms with Crippen molar-refractivity contribution in [2.45, 2.75) is 39.0 Å². The summed E-state index contributed by atoms with van der Waals surface area (Å²) in [6, 6.07) is 12.0. The minimum absolute atomic E-state index is 0.314. The van der Waals surface area contributed by atoms with Crippen molar-refractivity contribution in [3.8, 4) is 0 Å². The van der Waals surface area contributed by atoms with E-state index in [1.165, 1.54) is 0 Å². The Kier molecular flexibility index (Phi) is 4.54. The molecule has 0 radical (unpaired) electrons. The Morgan fingerprint density at radius 3 is 2.32 bits per heavy atom. The Balaban J connectivity index is 2.14. The van der Waals surface area contributed by atoms with E-state index >= 15 is 0 Å². The highest BCUT2D eigenvalue weighted by molar-refractivity contribution is 6.29. The smallest absolute Gasteiger partial charge is 0.129 e. The van der Waals surface area contributed by atoms with E-state index in [9.17, 15) is 0 Å². The average molecular weight is 275 g/mol. The van der Waals surface area contributed by atoms with Gasteiger partial charge in [0, 0.05) is 23.0 Å². The lowest BCUT2D eigenvalue weighted by atomic mass is 10.00. The lowest BCUT2D eigenvalue weighted by molar-refractivity contribution is 0.704. The molecule has 0 saturated heterocycles. The van der Waals surface area contributed by atoms with Crippen molar-refractivity contribution in [3.05, 3.63) is 58.6 Å². The number of aromatic nitrogens is 2. The Morgan fingerprint density at radius 1 is 0.947 bits per heavy atom. The second-order valence-electron chi connectivity index (χ2n) is 5.20. The molecule has 1 atom stereocenters. The summed E-state index contributed by atoms with van der Waals surface area (Å²) in [5.74, 6) is 0.771. The third-order valence-electron chi connectivity index (χ3n) is 3.18. The van der Waals surface area contributed by atoms with Crippen molar-refractivity contribution in [2.24, 2.45) is 0 Å². The summed E-state index contributed by atoms with van der Waals surface area (Å²) >= 11 is 5.93. The molecule has 100 valence electrons. The molecule has 0 bridgehead atoms. The SMILES string of the molecule is CC(C)c1cccc(CC(C)c2cccc(Cl)n2)n1. The zero-order valence-corrected chi connectivity index (χ0v) is 12.4. The van der Waals surface area contributed by atoms with Crippen molar-refractivity contribution in [3.63, 3.8) is 0 Å². The van der Waals surface area contributed by atoms with Crippen molar-refractivity contribution < 1.29 is 0 Å². The summed E-state index contributed by atoms with van der Waals surface area (Å²) in [4.78, 5) is 9.06. The first-order chi connectivity index (χ1) is 9.06. The fraction of sp³-hybridized carbons (Fsp3) is 0.375. The largest absolute Gasteiger partial charge is 0.258 e. The van der Waals surface area contributed by atoms with Crippen LogP contribution in [0.5, 0.6) is 0 Å². The lowest BCUT2D eigenvalue weighted by Gasteiger charge is -2.12. The second-order valence-corrected chi connectivity index (χ2v) is 5.59. The molecule has 19 heavy (non-hydrogen) atoms. The van der Waals surface area contributed by atoms with Gasteiger partial charge in [-0.15, -0.1) is 0 Å². The van der Waals surface area contributed by atoms with Gasteiger partial charge in [0.1, 0.15) is 5.15 Å². The first-order valence-electron chi connectivity index (χ1n) is 6.64. The average Bonchev–Trinajstić information content (AvgIpc) is 2.39. The van der Waals surface area contributed by atoms with Crippen LogP contribution in [0.1, 0.15) is 49.7 Å². The van der Waals surface area contributed by atoms with Crippen LogP contribution < -0.4 is 0 Å². The van der Waals surface area contributed by atoms with E-state index in [0.717, 1.165) is 23.5 Å². The van der Waals surface area contributed by atoms with Crippen LogP contribution in [-0.4, -0.2) is 9.97 Å². The molecule has 0 amide bonds. The Bertz CT molecular complexity index is 552. The van der Waals surface area contributed by atoms with Gasteiger partial charge in [0.15, 0.2) is 0 Å². The number of pyridine rings is 2. The maximum atomic E-state index is 5.93. The molecule has 2 aromatic heterocycles. The van der Waals surface area contributed by atoms with Crippen LogP contribution in [0.15, 0.2) is 36.4 Å². The molecule has 1 unspecified atom stereocenters. The summed E-state index contributed by atoms with van der Waals surface area (Å²) in [6.07, 6.45) is 0.883. The van der Waals surface area contributed by atoms with Gasteiger partial charge >= 0.3 is 0 Å². The van der Waals surface area contributed by atoms with Gasteiger partial charge in [0.25, 0.3) is 0 Å². The van der Waals surface area contributed by atoms with E-state index in [1.54, 1.807) is 6.07 Å². The molecule has 0 spiro atoms. The van der Waals surface area contributed by atoms with Crippen LogP contribution >= 0.6 is 11.6 Å². The molecule has 0 aliphatic rings. The maximum Gasteiger partial charge on any atom is 0.129 e. The summed E-state index contributed by atoms with van der Waals surface area (Å²) in [5.41, 5.74) is 3.27. The van der Waals surface area contributed by atoms with Gasteiger partial charge in [0.2, 0.25) is 0 Å². The third-order valence-corrected chi connectivity index (χ3v) is 3.39. The number of halogens is 1. The summed E-state index contributed by atoms with van der Waals surface area (Å²) in [5, 5.41) is 0.549. The Morgan fingerprint density at radius 2 is 1.63 bits per heavy atom. The summed E-state index contributed by atoms with van der Waals surface area (Å²) in [6.45, 7) is 6.48. The van der Waals surface area contributed by atoms with Crippen molar-refractivity contribution in [1.82, 2.24) is 9.97 Å². The molecule has 0 aliphatic carbocycles. The summed E-state index contributed by atoms with van der Waals surface area (Å²) in [7, 11) is 0. The lowest BCUT2D eigenvalue weighted by Crippen LogP contribution is -2.04. The first-order valence-corrected chi connectivity index (χ1v) is 7.02. The molecule has 2 rings (SSSR count). The van der Waals surface area contributed by atoms with Crippen LogP contribution in [0.4, 0.5) is 0 Å². The van der Waals surface area contributed by atoms with Crippen molar-refractivity contribution in [2.75, 3.05) is 0 Å². The predicted molar refractivity (Wildman–Crippen MR) is 79.7 cm³/mol. The molecule has 0 aromatic carbocycles. The van der Waals surface area contributed by atoms with E-state index in [0.29, 0.717) is 17.0 Å². The topological polar surface area (TPSA) is 25.8 Å². The van der Waals surface area contributed by atoms with Gasteiger partial charge in [-0.05, 0) is 36.6 Å². The van der Waals surface area contributed by atoms with E-state index < -0.39 is 0 Å². The fourth-order valence-electron chi connectivity index (χ4n) is 2.05. The molecule has 0 aliphatic heterocycles. The molecule has 0 saturated carbocycles. The van der Waals surface area contributed by atoms with Crippen molar-refractivity contribution >= 4 is 11.6 Å². The molecule has 0 N–H and O–H groups in total. The quantitative estimate of drug-likeness (QED) is 0.762. The van der Waals surface area contributed by atoms with Gasteiger partial charge in [-0.25, -0.2) is 4.98 Å². The summed E-state index contributed by atoms with van der Waals surface area (Å²) < 4.78 is 0. The molecule has 2 aromatic rings. The minimum Gasteiger partial charge on any atom is -0.258 e. The van der Waals surface area contributed by atoms with Crippen LogP contribution in [0.2, 0.25) is 5.15 Å². The minimum atomic E-state index is 0.314. The highest BCUT2D eigenvalue weighted by Crippen LogP contribution is 2.20. The van der Waals surface area contributed by atoms with E-state index in [4.69, 9.17) is 16.6 Å². The van der Waals surface area contributed by atoms with Gasteiger partial charge in [-0.2, -0.15) is 0 Å². The number of hydrogen-bond acceptors (Lipinski definition) is 2.